The second-order valence-corrected chi connectivity index (χ2v) is 3.44. The predicted octanol–water partition coefficient (Wildman–Crippen LogP) is 1.75. The Morgan fingerprint density at radius 1 is 1.33 bits per heavy atom. The fourth-order valence-corrected chi connectivity index (χ4v) is 1.34. The van der Waals surface area contributed by atoms with Crippen molar-refractivity contribution in [3.8, 4) is 0 Å². The van der Waals surface area contributed by atoms with Gasteiger partial charge in [0.25, 0.3) is 0 Å². The van der Waals surface area contributed by atoms with Crippen LogP contribution in [0.25, 0.3) is 0 Å². The van der Waals surface area contributed by atoms with E-state index >= 15 is 0 Å². The zero-order chi connectivity index (χ0) is 9.14. The smallest absolute Gasteiger partial charge is 0.166 e. The summed E-state index contributed by atoms with van der Waals surface area (Å²) in [6, 6.07) is 0. The minimum atomic E-state index is -0.361. The van der Waals surface area contributed by atoms with E-state index in [-0.39, 0.29) is 17.5 Å². The summed E-state index contributed by atoms with van der Waals surface area (Å²) >= 11 is 0. The van der Waals surface area contributed by atoms with E-state index in [1.165, 1.54) is 12.2 Å². The largest absolute Gasteiger partial charge is 0.294 e. The van der Waals surface area contributed by atoms with Crippen LogP contribution in [0.1, 0.15) is 26.7 Å². The molecule has 1 unspecified atom stereocenters. The molecule has 2 nitrogen and oxygen atoms in total. The minimum absolute atomic E-state index is 0.0136. The van der Waals surface area contributed by atoms with Crippen LogP contribution in [-0.2, 0) is 9.59 Å². The lowest BCUT2D eigenvalue weighted by molar-refractivity contribution is -0.126. The van der Waals surface area contributed by atoms with E-state index < -0.39 is 0 Å². The van der Waals surface area contributed by atoms with Gasteiger partial charge in [-0.15, -0.1) is 0 Å². The molecule has 0 aromatic carbocycles. The molecule has 0 saturated heterocycles. The Labute approximate surface area is 72.7 Å². The van der Waals surface area contributed by atoms with Crippen LogP contribution in [0, 0.1) is 11.8 Å². The summed E-state index contributed by atoms with van der Waals surface area (Å²) < 4.78 is 0. The molecule has 0 bridgehead atoms. The molecule has 66 valence electrons. The third-order valence-electron chi connectivity index (χ3n) is 2.43. The van der Waals surface area contributed by atoms with E-state index in [2.05, 4.69) is 13.8 Å². The summed E-state index contributed by atoms with van der Waals surface area (Å²) in [7, 11) is 0. The van der Waals surface area contributed by atoms with Gasteiger partial charge in [0, 0.05) is 0 Å². The second kappa shape index (κ2) is 3.65. The fraction of sp³-hybridized carbons (Fsp3) is 0.600. The first kappa shape index (κ1) is 9.17. The standard InChI is InChI=1S/C10H14O2/c1-3-7(2)6-8-9(11)4-5-10(8)12/h4-5,7-8H,3,6H2,1-2H3. The summed E-state index contributed by atoms with van der Waals surface area (Å²) in [5, 5.41) is 0. The Morgan fingerprint density at radius 2 is 1.83 bits per heavy atom. The van der Waals surface area contributed by atoms with Crippen molar-refractivity contribution in [3.63, 3.8) is 0 Å². The molecule has 1 rings (SSSR count). The first-order valence-electron chi connectivity index (χ1n) is 4.41. The molecule has 0 heterocycles. The van der Waals surface area contributed by atoms with Gasteiger partial charge in [-0.25, -0.2) is 0 Å². The first-order valence-corrected chi connectivity index (χ1v) is 4.41. The van der Waals surface area contributed by atoms with Crippen molar-refractivity contribution in [2.75, 3.05) is 0 Å². The lowest BCUT2D eigenvalue weighted by Gasteiger charge is -2.11. The van der Waals surface area contributed by atoms with Gasteiger partial charge in [0.15, 0.2) is 11.6 Å². The molecular weight excluding hydrogens is 152 g/mol. The number of carbonyl (C=O) groups excluding carboxylic acids is 2. The third-order valence-corrected chi connectivity index (χ3v) is 2.43. The molecule has 12 heavy (non-hydrogen) atoms. The first-order chi connectivity index (χ1) is 5.65. The number of carbonyl (C=O) groups is 2. The monoisotopic (exact) mass is 166 g/mol. The molecule has 0 spiro atoms. The minimum Gasteiger partial charge on any atom is -0.294 e. The molecule has 1 aliphatic rings. The maximum atomic E-state index is 11.1. The highest BCUT2D eigenvalue weighted by molar-refractivity contribution is 6.18. The molecule has 2 heteroatoms. The van der Waals surface area contributed by atoms with Gasteiger partial charge in [-0.05, 0) is 24.5 Å². The molecule has 0 aliphatic heterocycles. The Morgan fingerprint density at radius 3 is 2.25 bits per heavy atom. The summed E-state index contributed by atoms with van der Waals surface area (Å²) in [4.78, 5) is 22.3. The summed E-state index contributed by atoms with van der Waals surface area (Å²) in [6.07, 6.45) is 4.53. The van der Waals surface area contributed by atoms with Crippen LogP contribution < -0.4 is 0 Å². The highest BCUT2D eigenvalue weighted by Gasteiger charge is 2.28. The van der Waals surface area contributed by atoms with Crippen molar-refractivity contribution in [1.82, 2.24) is 0 Å². The van der Waals surface area contributed by atoms with E-state index in [4.69, 9.17) is 0 Å². The van der Waals surface area contributed by atoms with Gasteiger partial charge >= 0.3 is 0 Å². The molecular formula is C10H14O2. The van der Waals surface area contributed by atoms with Crippen molar-refractivity contribution in [2.45, 2.75) is 26.7 Å². The molecule has 1 atom stereocenters. The molecule has 0 amide bonds. The Kier molecular flexibility index (Phi) is 2.79. The number of rotatable bonds is 3. The van der Waals surface area contributed by atoms with Crippen molar-refractivity contribution < 1.29 is 9.59 Å². The normalized spacial score (nSPS) is 20.5. The second-order valence-electron chi connectivity index (χ2n) is 3.44. The van der Waals surface area contributed by atoms with Crippen molar-refractivity contribution in [1.29, 1.82) is 0 Å². The van der Waals surface area contributed by atoms with Gasteiger partial charge in [0.2, 0.25) is 0 Å². The lowest BCUT2D eigenvalue weighted by Crippen LogP contribution is -2.18. The number of hydrogen-bond acceptors (Lipinski definition) is 2. The Bertz CT molecular complexity index is 210. The topological polar surface area (TPSA) is 34.1 Å². The third kappa shape index (κ3) is 1.81. The van der Waals surface area contributed by atoms with Gasteiger partial charge in [0.05, 0.1) is 5.92 Å². The molecule has 0 radical (unpaired) electrons. The maximum absolute atomic E-state index is 11.1. The zero-order valence-corrected chi connectivity index (χ0v) is 7.54. The van der Waals surface area contributed by atoms with E-state index in [1.807, 2.05) is 0 Å². The summed E-state index contributed by atoms with van der Waals surface area (Å²) in [5.41, 5.74) is 0. The average Bonchev–Trinajstić information content (AvgIpc) is 2.35. The van der Waals surface area contributed by atoms with Crippen molar-refractivity contribution in [2.24, 2.45) is 11.8 Å². The summed E-state index contributed by atoms with van der Waals surface area (Å²) in [6.45, 7) is 4.14. The molecule has 0 fully saturated rings. The van der Waals surface area contributed by atoms with E-state index in [0.29, 0.717) is 12.3 Å². The maximum Gasteiger partial charge on any atom is 0.166 e. The fourth-order valence-electron chi connectivity index (χ4n) is 1.34. The van der Waals surface area contributed by atoms with Gasteiger partial charge in [-0.3, -0.25) is 9.59 Å². The van der Waals surface area contributed by atoms with Crippen LogP contribution in [0.3, 0.4) is 0 Å². The lowest BCUT2D eigenvalue weighted by atomic mass is 9.91. The number of allylic oxidation sites excluding steroid dienone is 2. The van der Waals surface area contributed by atoms with Crippen molar-refractivity contribution in [3.05, 3.63) is 12.2 Å². The molecule has 0 saturated carbocycles. The predicted molar refractivity (Wildman–Crippen MR) is 46.7 cm³/mol. The zero-order valence-electron chi connectivity index (χ0n) is 7.54. The summed E-state index contributed by atoms with van der Waals surface area (Å²) in [5.74, 6) is 0.0725. The van der Waals surface area contributed by atoms with Gasteiger partial charge in [-0.1, -0.05) is 20.3 Å². The highest BCUT2D eigenvalue weighted by atomic mass is 16.2. The Hall–Kier alpha value is -0.920. The average molecular weight is 166 g/mol. The molecule has 0 aromatic rings. The van der Waals surface area contributed by atoms with Crippen LogP contribution in [0.5, 0.6) is 0 Å². The van der Waals surface area contributed by atoms with E-state index in [9.17, 15) is 9.59 Å². The quantitative estimate of drug-likeness (QED) is 0.598. The van der Waals surface area contributed by atoms with Crippen LogP contribution in [0.2, 0.25) is 0 Å². The van der Waals surface area contributed by atoms with Crippen LogP contribution in [0.4, 0.5) is 0 Å². The molecule has 0 aromatic heterocycles. The van der Waals surface area contributed by atoms with Gasteiger partial charge in [-0.2, -0.15) is 0 Å². The van der Waals surface area contributed by atoms with E-state index in [1.54, 1.807) is 0 Å². The SMILES string of the molecule is CCC(C)CC1C(=O)C=CC1=O. The molecule has 0 N–H and O–H groups in total. The highest BCUT2D eigenvalue weighted by Crippen LogP contribution is 2.21. The van der Waals surface area contributed by atoms with Crippen LogP contribution >= 0.6 is 0 Å². The van der Waals surface area contributed by atoms with Crippen molar-refractivity contribution >= 4 is 11.6 Å². The number of ketones is 2. The van der Waals surface area contributed by atoms with E-state index in [0.717, 1.165) is 6.42 Å². The molecule has 1 aliphatic carbocycles. The van der Waals surface area contributed by atoms with Gasteiger partial charge in [0.1, 0.15) is 0 Å². The van der Waals surface area contributed by atoms with Crippen LogP contribution in [-0.4, -0.2) is 11.6 Å². The van der Waals surface area contributed by atoms with Crippen LogP contribution in [0.15, 0.2) is 12.2 Å². The van der Waals surface area contributed by atoms with Gasteiger partial charge < -0.3 is 0 Å². The Balaban J connectivity index is 2.53. The number of hydrogen-bond donors (Lipinski definition) is 0.